The fourth-order valence-electron chi connectivity index (χ4n) is 3.95. The van der Waals surface area contributed by atoms with Gasteiger partial charge < -0.3 is 9.64 Å². The molecule has 0 aliphatic carbocycles. The molecule has 0 spiro atoms. The highest BCUT2D eigenvalue weighted by molar-refractivity contribution is 7.11. The third kappa shape index (κ3) is 5.43. The van der Waals surface area contributed by atoms with Gasteiger partial charge in [0.2, 0.25) is 0 Å². The average Bonchev–Trinajstić information content (AvgIpc) is 3.23. The molecule has 1 N–H and O–H groups in total. The van der Waals surface area contributed by atoms with Crippen molar-refractivity contribution in [1.82, 2.24) is 10.2 Å². The molecule has 4 atom stereocenters. The molecule has 4 nitrogen and oxygen atoms in total. The molecular weight excluding hydrogens is 368 g/mol. The Kier molecular flexibility index (Phi) is 7.27. The highest BCUT2D eigenvalue weighted by Crippen LogP contribution is 2.26. The molecule has 5 heteroatoms. The van der Waals surface area contributed by atoms with E-state index in [4.69, 9.17) is 4.74 Å². The average molecular weight is 401 g/mol. The van der Waals surface area contributed by atoms with E-state index in [9.17, 15) is 4.79 Å². The maximum atomic E-state index is 13.0. The van der Waals surface area contributed by atoms with E-state index in [-0.39, 0.29) is 12.1 Å². The Hall–Kier alpha value is -1.69. The Morgan fingerprint density at radius 1 is 1.25 bits per heavy atom. The number of hydrogen-bond donors (Lipinski definition) is 1. The summed E-state index contributed by atoms with van der Waals surface area (Å²) in [5.41, 5.74) is 0.944. The summed E-state index contributed by atoms with van der Waals surface area (Å²) in [6.45, 7) is 7.03. The Morgan fingerprint density at radius 3 is 2.61 bits per heavy atom. The van der Waals surface area contributed by atoms with Crippen LogP contribution in [0.2, 0.25) is 0 Å². The first-order chi connectivity index (χ1) is 13.4. The van der Waals surface area contributed by atoms with Gasteiger partial charge in [-0.1, -0.05) is 30.3 Å². The zero-order chi connectivity index (χ0) is 20.1. The number of benzene rings is 1. The van der Waals surface area contributed by atoms with Crippen LogP contribution in [0.1, 0.15) is 54.5 Å². The second-order valence-corrected chi connectivity index (χ2v) is 9.34. The second-order valence-electron chi connectivity index (χ2n) is 7.97. The lowest BCUT2D eigenvalue weighted by Gasteiger charge is -2.27. The summed E-state index contributed by atoms with van der Waals surface area (Å²) in [5.74, 6) is -0.194. The van der Waals surface area contributed by atoms with Crippen molar-refractivity contribution in [3.8, 4) is 0 Å². The van der Waals surface area contributed by atoms with E-state index in [0.717, 1.165) is 12.0 Å². The number of likely N-dealkylation sites (tertiary alicyclic amines) is 1. The van der Waals surface area contributed by atoms with Crippen LogP contribution in [0.4, 0.5) is 0 Å². The first kappa shape index (κ1) is 21.0. The Morgan fingerprint density at radius 2 is 2.00 bits per heavy atom. The van der Waals surface area contributed by atoms with Crippen LogP contribution >= 0.6 is 11.3 Å². The molecule has 2 aromatic rings. The SMILES string of the molecule is Cc1ccc(CNC(C(=O)OC(C)CC2CCC(C)N2C)c2ccccc2)s1. The number of carbonyl (C=O) groups excluding carboxylic acids is 1. The number of rotatable bonds is 8. The van der Waals surface area contributed by atoms with Gasteiger partial charge in [-0.15, -0.1) is 11.3 Å². The molecule has 1 aliphatic heterocycles. The van der Waals surface area contributed by atoms with E-state index in [0.29, 0.717) is 18.6 Å². The lowest BCUT2D eigenvalue weighted by molar-refractivity contribution is -0.151. The largest absolute Gasteiger partial charge is 0.461 e. The molecule has 1 fully saturated rings. The van der Waals surface area contributed by atoms with Crippen molar-refractivity contribution in [1.29, 1.82) is 0 Å². The van der Waals surface area contributed by atoms with Gasteiger partial charge in [0.25, 0.3) is 0 Å². The topological polar surface area (TPSA) is 41.6 Å². The molecule has 4 unspecified atom stereocenters. The standard InChI is InChI=1S/C23H32N2O2S/c1-16-10-12-20(25(16)4)14-17(2)27-23(26)22(19-8-6-5-7-9-19)24-15-21-13-11-18(3)28-21/h5-9,11,13,16-17,20,22,24H,10,12,14-15H2,1-4H3. The highest BCUT2D eigenvalue weighted by Gasteiger charge is 2.30. The minimum atomic E-state index is -0.453. The summed E-state index contributed by atoms with van der Waals surface area (Å²) in [7, 11) is 2.17. The zero-order valence-corrected chi connectivity index (χ0v) is 18.2. The highest BCUT2D eigenvalue weighted by atomic mass is 32.1. The molecule has 28 heavy (non-hydrogen) atoms. The normalized spacial score (nSPS) is 22.1. The molecule has 3 rings (SSSR count). The van der Waals surface area contributed by atoms with Crippen LogP contribution in [0.25, 0.3) is 0 Å². The van der Waals surface area contributed by atoms with E-state index in [2.05, 4.69) is 43.2 Å². The predicted molar refractivity (Wildman–Crippen MR) is 115 cm³/mol. The van der Waals surface area contributed by atoms with Gasteiger partial charge in [0.1, 0.15) is 12.1 Å². The van der Waals surface area contributed by atoms with Gasteiger partial charge in [-0.2, -0.15) is 0 Å². The van der Waals surface area contributed by atoms with Crippen LogP contribution < -0.4 is 5.32 Å². The van der Waals surface area contributed by atoms with Crippen molar-refractivity contribution in [3.05, 3.63) is 57.8 Å². The van der Waals surface area contributed by atoms with E-state index in [1.807, 2.05) is 37.3 Å². The van der Waals surface area contributed by atoms with Gasteiger partial charge in [-0.05, 0) is 64.8 Å². The van der Waals surface area contributed by atoms with E-state index >= 15 is 0 Å². The van der Waals surface area contributed by atoms with Crippen LogP contribution in [-0.4, -0.2) is 36.1 Å². The lowest BCUT2D eigenvalue weighted by atomic mass is 10.1. The summed E-state index contributed by atoms with van der Waals surface area (Å²) >= 11 is 1.75. The summed E-state index contributed by atoms with van der Waals surface area (Å²) in [4.78, 5) is 17.9. The third-order valence-corrected chi connectivity index (χ3v) is 6.76. The Balaban J connectivity index is 1.62. The number of ether oxygens (including phenoxy) is 1. The fraction of sp³-hybridized carbons (Fsp3) is 0.522. The summed E-state index contributed by atoms with van der Waals surface area (Å²) < 4.78 is 5.88. The number of hydrogen-bond acceptors (Lipinski definition) is 5. The zero-order valence-electron chi connectivity index (χ0n) is 17.4. The smallest absolute Gasteiger partial charge is 0.328 e. The number of nitrogens with zero attached hydrogens (tertiary/aromatic N) is 1. The molecule has 152 valence electrons. The minimum absolute atomic E-state index is 0.0951. The van der Waals surface area contributed by atoms with Crippen LogP contribution in [0.5, 0.6) is 0 Å². The van der Waals surface area contributed by atoms with Gasteiger partial charge in [0.05, 0.1) is 0 Å². The van der Waals surface area contributed by atoms with Gasteiger partial charge in [-0.3, -0.25) is 5.32 Å². The number of thiophene rings is 1. The fourth-order valence-corrected chi connectivity index (χ4v) is 4.79. The minimum Gasteiger partial charge on any atom is -0.461 e. The lowest BCUT2D eigenvalue weighted by Crippen LogP contribution is -2.36. The van der Waals surface area contributed by atoms with Gasteiger partial charge in [0.15, 0.2) is 0 Å². The number of aryl methyl sites for hydroxylation is 1. The van der Waals surface area contributed by atoms with E-state index < -0.39 is 6.04 Å². The van der Waals surface area contributed by atoms with Crippen molar-refractivity contribution in [2.24, 2.45) is 0 Å². The molecule has 1 aliphatic rings. The van der Waals surface area contributed by atoms with Gasteiger partial charge >= 0.3 is 5.97 Å². The first-order valence-corrected chi connectivity index (χ1v) is 11.0. The first-order valence-electron chi connectivity index (χ1n) is 10.2. The Bertz CT molecular complexity index is 761. The van der Waals surface area contributed by atoms with Crippen LogP contribution in [0.3, 0.4) is 0 Å². The summed E-state index contributed by atoms with van der Waals surface area (Å²) in [5, 5.41) is 3.41. The number of esters is 1. The molecule has 0 radical (unpaired) electrons. The van der Waals surface area contributed by atoms with Crippen molar-refractivity contribution in [2.75, 3.05) is 7.05 Å². The van der Waals surface area contributed by atoms with Crippen LogP contribution in [-0.2, 0) is 16.1 Å². The summed E-state index contributed by atoms with van der Waals surface area (Å²) in [6, 6.07) is 14.7. The van der Waals surface area contributed by atoms with Crippen LogP contribution in [0.15, 0.2) is 42.5 Å². The van der Waals surface area contributed by atoms with Gasteiger partial charge in [-0.25, -0.2) is 4.79 Å². The third-order valence-electron chi connectivity index (χ3n) is 5.76. The monoisotopic (exact) mass is 400 g/mol. The maximum Gasteiger partial charge on any atom is 0.328 e. The number of nitrogens with one attached hydrogen (secondary N) is 1. The van der Waals surface area contributed by atoms with Crippen molar-refractivity contribution in [2.45, 2.75) is 70.8 Å². The quantitative estimate of drug-likeness (QED) is 0.653. The molecular formula is C23H32N2O2S. The van der Waals surface area contributed by atoms with Crippen molar-refractivity contribution < 1.29 is 9.53 Å². The predicted octanol–water partition coefficient (Wildman–Crippen LogP) is 4.69. The molecule has 1 aromatic carbocycles. The van der Waals surface area contributed by atoms with Crippen molar-refractivity contribution >= 4 is 17.3 Å². The van der Waals surface area contributed by atoms with Gasteiger partial charge in [0, 0.05) is 28.4 Å². The van der Waals surface area contributed by atoms with E-state index in [1.54, 1.807) is 11.3 Å². The molecule has 2 heterocycles. The molecule has 1 aromatic heterocycles. The van der Waals surface area contributed by atoms with Crippen molar-refractivity contribution in [3.63, 3.8) is 0 Å². The van der Waals surface area contributed by atoms with E-state index in [1.165, 1.54) is 22.6 Å². The maximum absolute atomic E-state index is 13.0. The van der Waals surface area contributed by atoms with Crippen LogP contribution in [0, 0.1) is 6.92 Å². The number of carbonyl (C=O) groups is 1. The summed E-state index contributed by atoms with van der Waals surface area (Å²) in [6.07, 6.45) is 3.19. The second kappa shape index (κ2) is 9.68. The molecule has 0 bridgehead atoms. The Labute approximate surface area is 172 Å². The molecule has 1 saturated heterocycles. The molecule has 0 amide bonds. The molecule has 0 saturated carbocycles.